The Morgan fingerprint density at radius 1 is 1.38 bits per heavy atom. The number of guanidine groups is 1. The number of fused-ring (bicyclic) bond motifs is 1. The number of hydrogen-bond acceptors (Lipinski definition) is 4. The maximum Gasteiger partial charge on any atom is 0.193 e. The maximum atomic E-state index is 5.75. The summed E-state index contributed by atoms with van der Waals surface area (Å²) in [5.74, 6) is 1.04. The van der Waals surface area contributed by atoms with Gasteiger partial charge < -0.3 is 15.0 Å². The summed E-state index contributed by atoms with van der Waals surface area (Å²) in [4.78, 5) is 11.0. The van der Waals surface area contributed by atoms with Gasteiger partial charge in [0.25, 0.3) is 0 Å². The molecule has 0 aliphatic carbocycles. The van der Waals surface area contributed by atoms with Gasteiger partial charge in [-0.3, -0.25) is 9.89 Å². The Kier molecular flexibility index (Phi) is 9.12. The first-order valence-electron chi connectivity index (χ1n) is 9.57. The zero-order chi connectivity index (χ0) is 17.6. The molecule has 0 spiro atoms. The highest BCUT2D eigenvalue weighted by molar-refractivity contribution is 14.0. The number of rotatable bonds is 5. The highest BCUT2D eigenvalue weighted by Crippen LogP contribution is 2.25. The van der Waals surface area contributed by atoms with Crippen molar-refractivity contribution in [1.29, 1.82) is 0 Å². The topological polar surface area (TPSA) is 40.1 Å². The molecule has 3 rings (SSSR count). The zero-order valence-electron chi connectivity index (χ0n) is 16.2. The van der Waals surface area contributed by atoms with E-state index in [9.17, 15) is 0 Å². The molecule has 0 amide bonds. The van der Waals surface area contributed by atoms with Gasteiger partial charge in [0.2, 0.25) is 0 Å². The summed E-state index contributed by atoms with van der Waals surface area (Å²) in [6.45, 7) is 10.5. The number of halogens is 1. The number of hydrogen-bond donors (Lipinski definition) is 1. The molecule has 3 heterocycles. The Balaban J connectivity index is 0.00000243. The van der Waals surface area contributed by atoms with Crippen molar-refractivity contribution >= 4 is 41.3 Å². The third kappa shape index (κ3) is 5.56. The molecule has 7 heteroatoms. The Morgan fingerprint density at radius 3 is 2.85 bits per heavy atom. The second-order valence-corrected chi connectivity index (χ2v) is 8.01. The highest BCUT2D eigenvalue weighted by atomic mass is 127. The van der Waals surface area contributed by atoms with Crippen molar-refractivity contribution in [2.75, 3.05) is 39.8 Å². The van der Waals surface area contributed by atoms with Crippen molar-refractivity contribution in [2.24, 2.45) is 4.99 Å². The summed E-state index contributed by atoms with van der Waals surface area (Å²) >= 11 is 1.91. The average molecular weight is 492 g/mol. The van der Waals surface area contributed by atoms with E-state index in [0.29, 0.717) is 12.1 Å². The number of aliphatic imine (C=N–C) groups is 1. The Hall–Kier alpha value is -0.380. The Morgan fingerprint density at radius 2 is 2.15 bits per heavy atom. The van der Waals surface area contributed by atoms with Crippen LogP contribution < -0.4 is 5.32 Å². The Labute approximate surface area is 179 Å². The molecule has 1 N–H and O–H groups in total. The zero-order valence-corrected chi connectivity index (χ0v) is 19.4. The monoisotopic (exact) mass is 492 g/mol. The van der Waals surface area contributed by atoms with Gasteiger partial charge in [-0.15, -0.1) is 35.3 Å². The van der Waals surface area contributed by atoms with Gasteiger partial charge in [-0.2, -0.15) is 0 Å². The van der Waals surface area contributed by atoms with Crippen LogP contribution in [0, 0.1) is 0 Å². The molecule has 2 aliphatic rings. The fraction of sp³-hybridized carbons (Fsp3) is 0.737. The van der Waals surface area contributed by atoms with Gasteiger partial charge in [0.15, 0.2) is 5.96 Å². The van der Waals surface area contributed by atoms with E-state index in [0.717, 1.165) is 58.1 Å². The molecule has 2 aliphatic heterocycles. The van der Waals surface area contributed by atoms with Crippen LogP contribution in [-0.4, -0.2) is 67.7 Å². The van der Waals surface area contributed by atoms with Gasteiger partial charge in [-0.1, -0.05) is 0 Å². The lowest BCUT2D eigenvalue weighted by Crippen LogP contribution is -2.50. The molecule has 0 saturated carbocycles. The second-order valence-electron chi connectivity index (χ2n) is 7.01. The average Bonchev–Trinajstić information content (AvgIpc) is 3.11. The smallest absolute Gasteiger partial charge is 0.193 e. The molecule has 1 aromatic heterocycles. The number of thiophene rings is 1. The van der Waals surface area contributed by atoms with Crippen LogP contribution in [0.5, 0.6) is 0 Å². The van der Waals surface area contributed by atoms with Crippen LogP contribution >= 0.6 is 35.3 Å². The molecular weight excluding hydrogens is 459 g/mol. The van der Waals surface area contributed by atoms with Crippen molar-refractivity contribution in [1.82, 2.24) is 15.1 Å². The van der Waals surface area contributed by atoms with E-state index in [1.807, 2.05) is 18.4 Å². The lowest BCUT2D eigenvalue weighted by molar-refractivity contribution is 0.0263. The normalized spacial score (nSPS) is 20.4. The number of nitrogens with zero attached hydrogens (tertiary/aromatic N) is 3. The van der Waals surface area contributed by atoms with E-state index in [-0.39, 0.29) is 24.0 Å². The van der Waals surface area contributed by atoms with E-state index in [4.69, 9.17) is 4.74 Å². The number of ether oxygens (including phenoxy) is 1. The standard InChI is InChI=1S/C19H32N4OS.HI/c1-4-24-17-5-9-22(10-6-17)19(20-3)21-13-15(2)23-11-7-18-16(14-23)8-12-25-18;/h8,12,15,17H,4-7,9-11,13-14H2,1-3H3,(H,20,21);1H. The molecule has 1 saturated heterocycles. The minimum atomic E-state index is 0. The first kappa shape index (κ1) is 21.9. The third-order valence-electron chi connectivity index (χ3n) is 5.37. The van der Waals surface area contributed by atoms with Crippen molar-refractivity contribution < 1.29 is 4.74 Å². The van der Waals surface area contributed by atoms with E-state index in [1.165, 1.54) is 12.0 Å². The lowest BCUT2D eigenvalue weighted by atomic mass is 10.1. The first-order chi connectivity index (χ1) is 12.2. The minimum absolute atomic E-state index is 0. The predicted octanol–water partition coefficient (Wildman–Crippen LogP) is 3.19. The van der Waals surface area contributed by atoms with Crippen molar-refractivity contribution in [3.63, 3.8) is 0 Å². The lowest BCUT2D eigenvalue weighted by Gasteiger charge is -2.36. The summed E-state index contributed by atoms with van der Waals surface area (Å²) in [6, 6.07) is 2.79. The van der Waals surface area contributed by atoms with Gasteiger partial charge in [0.05, 0.1) is 6.10 Å². The van der Waals surface area contributed by atoms with Crippen molar-refractivity contribution in [3.05, 3.63) is 21.9 Å². The predicted molar refractivity (Wildman–Crippen MR) is 121 cm³/mol. The fourth-order valence-electron chi connectivity index (χ4n) is 3.82. The number of likely N-dealkylation sites (tertiary alicyclic amines) is 1. The molecule has 1 atom stereocenters. The largest absolute Gasteiger partial charge is 0.378 e. The molecule has 1 fully saturated rings. The molecule has 0 aromatic carbocycles. The van der Waals surface area contributed by atoms with Crippen LogP contribution in [-0.2, 0) is 17.7 Å². The van der Waals surface area contributed by atoms with Gasteiger partial charge in [-0.25, -0.2) is 0 Å². The second kappa shape index (κ2) is 10.8. The van der Waals surface area contributed by atoms with Crippen LogP contribution in [0.2, 0.25) is 0 Å². The molecule has 0 bridgehead atoms. The van der Waals surface area contributed by atoms with Gasteiger partial charge in [0, 0.05) is 57.3 Å². The molecule has 26 heavy (non-hydrogen) atoms. The molecular formula is C19H33IN4OS. The van der Waals surface area contributed by atoms with Crippen molar-refractivity contribution in [3.8, 4) is 0 Å². The van der Waals surface area contributed by atoms with E-state index in [2.05, 4.69) is 45.4 Å². The maximum absolute atomic E-state index is 5.75. The van der Waals surface area contributed by atoms with Gasteiger partial charge >= 0.3 is 0 Å². The van der Waals surface area contributed by atoms with Crippen LogP contribution in [0.4, 0.5) is 0 Å². The fourth-order valence-corrected chi connectivity index (χ4v) is 4.71. The van der Waals surface area contributed by atoms with Crippen molar-refractivity contribution in [2.45, 2.75) is 51.8 Å². The SMILES string of the molecule is CCOC1CCN(C(=NC)NCC(C)N2CCc3sccc3C2)CC1.I. The van der Waals surface area contributed by atoms with E-state index in [1.54, 1.807) is 4.88 Å². The highest BCUT2D eigenvalue weighted by Gasteiger charge is 2.24. The minimum Gasteiger partial charge on any atom is -0.378 e. The van der Waals surface area contributed by atoms with Crippen LogP contribution in [0.25, 0.3) is 0 Å². The van der Waals surface area contributed by atoms with Gasteiger partial charge in [0.1, 0.15) is 0 Å². The summed E-state index contributed by atoms with van der Waals surface area (Å²) in [5.41, 5.74) is 1.52. The van der Waals surface area contributed by atoms with E-state index >= 15 is 0 Å². The van der Waals surface area contributed by atoms with Crippen LogP contribution in [0.3, 0.4) is 0 Å². The van der Waals surface area contributed by atoms with E-state index < -0.39 is 0 Å². The third-order valence-corrected chi connectivity index (χ3v) is 6.39. The molecule has 0 radical (unpaired) electrons. The molecule has 5 nitrogen and oxygen atoms in total. The quantitative estimate of drug-likeness (QED) is 0.390. The van der Waals surface area contributed by atoms with Gasteiger partial charge in [-0.05, 0) is 50.1 Å². The Bertz CT molecular complexity index is 572. The molecule has 1 unspecified atom stereocenters. The summed E-state index contributed by atoms with van der Waals surface area (Å²) in [7, 11) is 1.89. The van der Waals surface area contributed by atoms with Crippen LogP contribution in [0.15, 0.2) is 16.4 Å². The number of nitrogens with one attached hydrogen (secondary N) is 1. The summed E-state index contributed by atoms with van der Waals surface area (Å²) in [6.07, 6.45) is 3.80. The number of piperidine rings is 1. The molecule has 1 aromatic rings. The molecule has 148 valence electrons. The summed E-state index contributed by atoms with van der Waals surface area (Å²) < 4.78 is 5.75. The van der Waals surface area contributed by atoms with Crippen LogP contribution in [0.1, 0.15) is 37.1 Å². The first-order valence-corrected chi connectivity index (χ1v) is 10.5. The summed E-state index contributed by atoms with van der Waals surface area (Å²) in [5, 5.41) is 5.82.